The quantitative estimate of drug-likeness (QED) is 0.0581. The lowest BCUT2D eigenvalue weighted by atomic mass is 9.75. The van der Waals surface area contributed by atoms with Gasteiger partial charge in [0.1, 0.15) is 29.0 Å². The van der Waals surface area contributed by atoms with Crippen molar-refractivity contribution in [3.8, 4) is 11.5 Å². The van der Waals surface area contributed by atoms with Gasteiger partial charge in [0, 0.05) is 34.4 Å². The van der Waals surface area contributed by atoms with E-state index in [0.29, 0.717) is 18.2 Å². The van der Waals surface area contributed by atoms with Crippen LogP contribution in [0.1, 0.15) is 0 Å². The molecular formula is C32H6BF15O2. The molecule has 0 N–H and O–H groups in total. The minimum atomic E-state index is -2.82. The van der Waals surface area contributed by atoms with Crippen LogP contribution < -0.4 is 14.8 Å². The zero-order valence-corrected chi connectivity index (χ0v) is 23.5. The normalized spacial score (nSPS) is 11.9. The van der Waals surface area contributed by atoms with Crippen molar-refractivity contribution in [1.29, 1.82) is 0 Å². The van der Waals surface area contributed by atoms with E-state index in [0.717, 1.165) is 0 Å². The Hall–Kier alpha value is -5.55. The Labute approximate surface area is 266 Å². The number of halogens is 15. The van der Waals surface area contributed by atoms with Gasteiger partial charge in [0.05, 0.1) is 26.9 Å². The molecule has 0 aromatic heterocycles. The van der Waals surface area contributed by atoms with E-state index in [-0.39, 0.29) is 18.2 Å². The Morgan fingerprint density at radius 3 is 1.44 bits per heavy atom. The summed E-state index contributed by atoms with van der Waals surface area (Å²) in [6.07, 6.45) is 0. The lowest BCUT2D eigenvalue weighted by Crippen LogP contribution is -2.44. The Bertz CT molecular complexity index is 2600. The Morgan fingerprint density at radius 2 is 0.840 bits per heavy atom. The first-order valence-electron chi connectivity index (χ1n) is 13.5. The van der Waals surface area contributed by atoms with Crippen molar-refractivity contribution < 1.29 is 75.2 Å². The molecule has 0 fully saturated rings. The summed E-state index contributed by atoms with van der Waals surface area (Å²) >= 11 is 0. The van der Waals surface area contributed by atoms with Crippen LogP contribution in [-0.4, -0.2) is 7.12 Å². The first kappa shape index (κ1) is 33.0. The number of benzene rings is 7. The third kappa shape index (κ3) is 4.49. The van der Waals surface area contributed by atoms with Gasteiger partial charge < -0.3 is 9.31 Å². The van der Waals surface area contributed by atoms with Gasteiger partial charge in [-0.25, -0.2) is 57.1 Å². The molecule has 0 amide bonds. The highest BCUT2D eigenvalue weighted by Gasteiger charge is 2.39. The molecular weight excluding hydrogens is 712 g/mol. The molecule has 254 valence electrons. The lowest BCUT2D eigenvalue weighted by Gasteiger charge is -2.23. The summed E-state index contributed by atoms with van der Waals surface area (Å²) < 4.78 is 234. The Balaban J connectivity index is 1.61. The van der Waals surface area contributed by atoms with Crippen LogP contribution in [0.5, 0.6) is 11.5 Å². The summed E-state index contributed by atoms with van der Waals surface area (Å²) in [5.74, 6) is -36.0. The van der Waals surface area contributed by atoms with Crippen LogP contribution in [0.4, 0.5) is 65.9 Å². The SMILES string of the molecule is Fc1cc(F)c(F)c(OB(Oc2c(F)c(F)c3c(F)c(F)c4c(F)c(F)c(F)c5c(F)c(F)c2c3c45)c2ccc(F)c3c(F)cc(F)cc23)c1. The molecule has 0 aliphatic heterocycles. The number of hydrogen-bond donors (Lipinski definition) is 0. The van der Waals surface area contributed by atoms with Crippen molar-refractivity contribution in [1.82, 2.24) is 0 Å². The van der Waals surface area contributed by atoms with Crippen LogP contribution >= 0.6 is 0 Å². The summed E-state index contributed by atoms with van der Waals surface area (Å²) in [4.78, 5) is 0. The molecule has 0 aliphatic rings. The predicted octanol–water partition coefficient (Wildman–Crippen LogP) is 9.68. The van der Waals surface area contributed by atoms with Gasteiger partial charge in [0.15, 0.2) is 69.7 Å². The molecule has 0 unspecified atom stereocenters. The molecule has 50 heavy (non-hydrogen) atoms. The molecule has 0 spiro atoms. The molecule has 0 heterocycles. The topological polar surface area (TPSA) is 18.5 Å². The van der Waals surface area contributed by atoms with E-state index < -0.39 is 154 Å². The smallest absolute Gasteiger partial charge is 0.520 e. The van der Waals surface area contributed by atoms with Crippen molar-refractivity contribution in [2.24, 2.45) is 0 Å². The molecule has 7 aromatic rings. The molecule has 0 saturated heterocycles. The summed E-state index contributed by atoms with van der Waals surface area (Å²) in [7, 11) is -2.82. The van der Waals surface area contributed by atoms with E-state index in [2.05, 4.69) is 0 Å². The minimum absolute atomic E-state index is 0.0129. The van der Waals surface area contributed by atoms with Crippen LogP contribution in [0.15, 0.2) is 36.4 Å². The van der Waals surface area contributed by atoms with Gasteiger partial charge >= 0.3 is 7.12 Å². The monoisotopic (exact) mass is 718 g/mol. The summed E-state index contributed by atoms with van der Waals surface area (Å²) in [6, 6.07) is 1.76. The van der Waals surface area contributed by atoms with Gasteiger partial charge in [-0.15, -0.1) is 0 Å². The van der Waals surface area contributed by atoms with E-state index in [1.54, 1.807) is 0 Å². The first-order valence-corrected chi connectivity index (χ1v) is 13.5. The van der Waals surface area contributed by atoms with Crippen LogP contribution in [0.3, 0.4) is 0 Å². The fourth-order valence-corrected chi connectivity index (χ4v) is 5.78. The number of hydrogen-bond acceptors (Lipinski definition) is 2. The van der Waals surface area contributed by atoms with Crippen molar-refractivity contribution in [3.05, 3.63) is 124 Å². The van der Waals surface area contributed by atoms with Gasteiger partial charge in [-0.05, 0) is 17.5 Å². The van der Waals surface area contributed by atoms with Gasteiger partial charge in [-0.1, -0.05) is 6.07 Å². The maximum absolute atomic E-state index is 15.8. The van der Waals surface area contributed by atoms with E-state index in [1.807, 2.05) is 0 Å². The van der Waals surface area contributed by atoms with Gasteiger partial charge in [0.2, 0.25) is 0 Å². The third-order valence-electron chi connectivity index (χ3n) is 7.86. The predicted molar refractivity (Wildman–Crippen MR) is 147 cm³/mol. The van der Waals surface area contributed by atoms with E-state index >= 15 is 26.3 Å². The lowest BCUT2D eigenvalue weighted by molar-refractivity contribution is 0.385. The van der Waals surface area contributed by atoms with Gasteiger partial charge in [-0.2, -0.15) is 8.78 Å². The minimum Gasteiger partial charge on any atom is -0.520 e. The molecule has 0 atom stereocenters. The molecule has 18 heteroatoms. The molecule has 0 bridgehead atoms. The third-order valence-corrected chi connectivity index (χ3v) is 7.86. The molecule has 7 rings (SSSR count). The molecule has 0 saturated carbocycles. The van der Waals surface area contributed by atoms with Crippen LogP contribution in [-0.2, 0) is 0 Å². The fraction of sp³-hybridized carbons (Fsp3) is 0. The average Bonchev–Trinajstić information content (AvgIpc) is 3.05. The van der Waals surface area contributed by atoms with Crippen LogP contribution in [0, 0.1) is 87.3 Å². The van der Waals surface area contributed by atoms with Crippen LogP contribution in [0.2, 0.25) is 0 Å². The van der Waals surface area contributed by atoms with Gasteiger partial charge in [0.25, 0.3) is 0 Å². The molecule has 7 aromatic carbocycles. The Kier molecular flexibility index (Phi) is 7.42. The number of rotatable bonds is 5. The zero-order valence-electron chi connectivity index (χ0n) is 23.5. The standard InChI is InChI=1S/C32H6BF15O2/c34-7-3-9-10(1-2-11(36)15(9)12(37)4-7)33(49-14-6-8(35)5-13(38)22(14)39)50-32-21-17-16-18(23(40)24(41)20(17)28(45)31(32)48)26(43)30(47)27(44)19(16)25(42)29(21)46/h1-6H. The summed E-state index contributed by atoms with van der Waals surface area (Å²) in [5, 5.41) is -12.5. The second kappa shape index (κ2) is 11.2. The summed E-state index contributed by atoms with van der Waals surface area (Å²) in [5.41, 5.74) is -0.897. The van der Waals surface area contributed by atoms with Crippen molar-refractivity contribution >= 4 is 55.7 Å². The second-order valence-corrected chi connectivity index (χ2v) is 10.6. The van der Waals surface area contributed by atoms with E-state index in [1.165, 1.54) is 0 Å². The van der Waals surface area contributed by atoms with E-state index in [4.69, 9.17) is 9.31 Å². The summed E-state index contributed by atoms with van der Waals surface area (Å²) in [6.45, 7) is 0. The molecule has 2 nitrogen and oxygen atoms in total. The maximum Gasteiger partial charge on any atom is 0.633 e. The van der Waals surface area contributed by atoms with Crippen molar-refractivity contribution in [2.45, 2.75) is 0 Å². The van der Waals surface area contributed by atoms with Crippen molar-refractivity contribution in [3.63, 3.8) is 0 Å². The highest BCUT2D eigenvalue weighted by molar-refractivity contribution is 6.66. The Morgan fingerprint density at radius 1 is 0.360 bits per heavy atom. The largest absolute Gasteiger partial charge is 0.633 e. The maximum atomic E-state index is 15.8. The number of fused-ring (bicyclic) bond motifs is 1. The highest BCUT2D eigenvalue weighted by Crippen LogP contribution is 2.48. The average molecular weight is 718 g/mol. The first-order chi connectivity index (χ1) is 23.5. The van der Waals surface area contributed by atoms with E-state index in [9.17, 15) is 39.5 Å². The zero-order chi connectivity index (χ0) is 36.2. The fourth-order valence-electron chi connectivity index (χ4n) is 5.78. The van der Waals surface area contributed by atoms with Gasteiger partial charge in [-0.3, -0.25) is 0 Å². The van der Waals surface area contributed by atoms with Crippen LogP contribution in [0.25, 0.3) is 43.1 Å². The second-order valence-electron chi connectivity index (χ2n) is 10.6. The highest BCUT2D eigenvalue weighted by atomic mass is 19.2. The molecule has 0 aliphatic carbocycles. The molecule has 0 radical (unpaired) electrons. The van der Waals surface area contributed by atoms with Crippen molar-refractivity contribution in [2.75, 3.05) is 0 Å².